The second-order valence-corrected chi connectivity index (χ2v) is 13.1. The van der Waals surface area contributed by atoms with Crippen LogP contribution in [0.2, 0.25) is 0 Å². The maximum absolute atomic E-state index is 13.8. The van der Waals surface area contributed by atoms with Crippen molar-refractivity contribution in [2.75, 3.05) is 10.2 Å². The molecule has 4 aliphatic carbocycles. The van der Waals surface area contributed by atoms with Crippen LogP contribution in [0.25, 0.3) is 17.0 Å². The van der Waals surface area contributed by atoms with Gasteiger partial charge in [0.15, 0.2) is 0 Å². The summed E-state index contributed by atoms with van der Waals surface area (Å²) in [6.45, 7) is 0.0414. The van der Waals surface area contributed by atoms with Crippen molar-refractivity contribution in [3.05, 3.63) is 102 Å². The number of anilines is 2. The molecule has 9 rings (SSSR count). The first kappa shape index (κ1) is 27.6. The molecule has 5 amide bonds. The van der Waals surface area contributed by atoms with Crippen molar-refractivity contribution in [3.8, 4) is 0 Å². The van der Waals surface area contributed by atoms with E-state index >= 15 is 0 Å². The Morgan fingerprint density at radius 3 is 2.20 bits per heavy atom. The molecule has 1 saturated heterocycles. The fraction of sp³-hybridized carbons (Fsp3) is 0.297. The first-order valence-electron chi connectivity index (χ1n) is 15.9. The molecule has 1 aromatic heterocycles. The lowest BCUT2D eigenvalue weighted by Crippen LogP contribution is -2.54. The number of carbonyl (C=O) groups is 4. The molecule has 2 N–H and O–H groups in total. The highest BCUT2D eigenvalue weighted by atomic mass is 16.2. The Labute approximate surface area is 261 Å². The van der Waals surface area contributed by atoms with Crippen LogP contribution in [0.4, 0.5) is 16.2 Å². The highest BCUT2D eigenvalue weighted by molar-refractivity contribution is 6.39. The zero-order valence-electron chi connectivity index (χ0n) is 24.8. The number of nitrogens with one attached hydrogen (secondary N) is 2. The van der Waals surface area contributed by atoms with Crippen LogP contribution in [0.5, 0.6) is 0 Å². The number of rotatable bonds is 6. The Morgan fingerprint density at radius 2 is 1.49 bits per heavy atom. The van der Waals surface area contributed by atoms with Crippen molar-refractivity contribution in [1.29, 1.82) is 0 Å². The molecule has 4 bridgehead atoms. The van der Waals surface area contributed by atoms with Crippen LogP contribution in [0.1, 0.15) is 49.1 Å². The normalized spacial score (nSPS) is 26.5. The van der Waals surface area contributed by atoms with Gasteiger partial charge in [0.2, 0.25) is 5.91 Å². The fourth-order valence-corrected chi connectivity index (χ4v) is 8.76. The number of carbonyl (C=O) groups excluding carboxylic acids is 4. The second-order valence-electron chi connectivity index (χ2n) is 13.1. The molecular weight excluding hydrogens is 564 g/mol. The lowest BCUT2D eigenvalue weighted by Gasteiger charge is -2.54. The van der Waals surface area contributed by atoms with Gasteiger partial charge in [-0.15, -0.1) is 0 Å². The maximum atomic E-state index is 13.8. The third kappa shape index (κ3) is 4.94. The lowest BCUT2D eigenvalue weighted by molar-refractivity contribution is -0.122. The third-order valence-electron chi connectivity index (χ3n) is 10.4. The number of hydrogen-bond donors (Lipinski definition) is 2. The molecule has 0 atom stereocenters. The molecule has 4 aromatic rings. The number of barbiturate groups is 1. The van der Waals surface area contributed by atoms with E-state index in [-0.39, 0.29) is 18.0 Å². The fourth-order valence-electron chi connectivity index (χ4n) is 8.76. The van der Waals surface area contributed by atoms with Crippen molar-refractivity contribution < 1.29 is 19.2 Å². The zero-order chi connectivity index (χ0) is 30.7. The highest BCUT2D eigenvalue weighted by Crippen LogP contribution is 2.59. The number of amides is 5. The first-order valence-corrected chi connectivity index (χ1v) is 15.9. The van der Waals surface area contributed by atoms with Crippen molar-refractivity contribution in [2.24, 2.45) is 23.7 Å². The summed E-state index contributed by atoms with van der Waals surface area (Å²) < 4.78 is 1.79. The van der Waals surface area contributed by atoms with Crippen LogP contribution < -0.4 is 15.5 Å². The van der Waals surface area contributed by atoms with Crippen molar-refractivity contribution in [1.82, 2.24) is 9.88 Å². The van der Waals surface area contributed by atoms with E-state index in [1.807, 2.05) is 66.7 Å². The minimum Gasteiger partial charge on any atom is -0.337 e. The van der Waals surface area contributed by atoms with E-state index in [0.29, 0.717) is 22.9 Å². The van der Waals surface area contributed by atoms with Crippen LogP contribution in [0.15, 0.2) is 90.6 Å². The van der Waals surface area contributed by atoms with Gasteiger partial charge in [0.25, 0.3) is 11.8 Å². The van der Waals surface area contributed by atoms with Crippen LogP contribution >= 0.6 is 0 Å². The number of benzene rings is 3. The third-order valence-corrected chi connectivity index (χ3v) is 10.4. The van der Waals surface area contributed by atoms with Gasteiger partial charge in [0.05, 0.1) is 5.69 Å². The van der Waals surface area contributed by atoms with E-state index in [2.05, 4.69) is 22.8 Å². The van der Waals surface area contributed by atoms with Crippen LogP contribution in [0.3, 0.4) is 0 Å². The van der Waals surface area contributed by atoms with E-state index in [9.17, 15) is 19.2 Å². The van der Waals surface area contributed by atoms with Crippen LogP contribution in [-0.2, 0) is 20.9 Å². The van der Waals surface area contributed by atoms with E-state index in [0.717, 1.165) is 39.5 Å². The van der Waals surface area contributed by atoms with Gasteiger partial charge >= 0.3 is 6.03 Å². The summed E-state index contributed by atoms with van der Waals surface area (Å²) in [6, 6.07) is 23.8. The molecule has 226 valence electrons. The highest BCUT2D eigenvalue weighted by Gasteiger charge is 2.48. The zero-order valence-corrected chi connectivity index (χ0v) is 24.8. The van der Waals surface area contributed by atoms with Gasteiger partial charge in [0, 0.05) is 28.4 Å². The number of urea groups is 1. The molecule has 45 heavy (non-hydrogen) atoms. The quantitative estimate of drug-likeness (QED) is 0.196. The summed E-state index contributed by atoms with van der Waals surface area (Å²) in [5.74, 6) is 2.15. The van der Waals surface area contributed by atoms with E-state index in [1.54, 1.807) is 10.8 Å². The SMILES string of the molecule is O=C(Cn1cc(/C=C2/C(=O)NC(=O)N(c3ccc(C4C5CC6CC(C5)CC4C6)cc3)C2=O)c2ccccc21)Nc1ccccc1. The molecule has 8 heteroatoms. The first-order chi connectivity index (χ1) is 21.9. The summed E-state index contributed by atoms with van der Waals surface area (Å²) >= 11 is 0. The van der Waals surface area contributed by atoms with Crippen molar-refractivity contribution in [3.63, 3.8) is 0 Å². The lowest BCUT2D eigenvalue weighted by atomic mass is 9.51. The Hall–Kier alpha value is -4.98. The average molecular weight is 599 g/mol. The summed E-state index contributed by atoms with van der Waals surface area (Å²) in [7, 11) is 0. The molecule has 5 fully saturated rings. The van der Waals surface area contributed by atoms with Crippen LogP contribution in [-0.4, -0.2) is 28.3 Å². The molecule has 8 nitrogen and oxygen atoms in total. The van der Waals surface area contributed by atoms with Crippen molar-refractivity contribution >= 4 is 52.1 Å². The number of imide groups is 2. The Kier molecular flexibility index (Phi) is 6.66. The minimum atomic E-state index is -0.760. The summed E-state index contributed by atoms with van der Waals surface area (Å²) in [4.78, 5) is 53.7. The van der Waals surface area contributed by atoms with E-state index in [4.69, 9.17) is 0 Å². The maximum Gasteiger partial charge on any atom is 0.335 e. The number of para-hydroxylation sites is 2. The second kappa shape index (κ2) is 10.9. The molecule has 2 heterocycles. The molecule has 0 unspecified atom stereocenters. The van der Waals surface area contributed by atoms with Gasteiger partial charge in [-0.3, -0.25) is 19.7 Å². The van der Waals surface area contributed by atoms with E-state index < -0.39 is 17.8 Å². The molecular formula is C37H34N4O4. The Bertz CT molecular complexity index is 1850. The predicted molar refractivity (Wildman–Crippen MR) is 172 cm³/mol. The molecule has 0 spiro atoms. The minimum absolute atomic E-state index is 0.0414. The average Bonchev–Trinajstić information content (AvgIpc) is 3.36. The van der Waals surface area contributed by atoms with Gasteiger partial charge in [-0.1, -0.05) is 48.5 Å². The number of fused-ring (bicyclic) bond motifs is 1. The van der Waals surface area contributed by atoms with Gasteiger partial charge in [-0.25, -0.2) is 9.69 Å². The molecule has 0 radical (unpaired) electrons. The number of nitrogens with zero attached hydrogens (tertiary/aromatic N) is 2. The largest absolute Gasteiger partial charge is 0.337 e. The molecule has 3 aromatic carbocycles. The summed E-state index contributed by atoms with van der Waals surface area (Å²) in [5.41, 5.74) is 3.66. The Morgan fingerprint density at radius 1 is 0.822 bits per heavy atom. The smallest absolute Gasteiger partial charge is 0.335 e. The van der Waals surface area contributed by atoms with E-state index in [1.165, 1.54) is 43.7 Å². The standard InChI is InChI=1S/C37H34N4O4/c42-33(38-28-6-2-1-3-7-28)21-40-20-27(30-8-4-5-9-32(30)40)19-31-35(43)39-37(45)41(36(31)44)29-12-10-24(11-13-29)34-25-15-22-14-23(17-25)18-26(34)16-22/h1-13,19-20,22-23,25-26,34H,14-18,21H2,(H,38,42)(H,39,43,45)/b31-19-. The predicted octanol–water partition coefficient (Wildman–Crippen LogP) is 6.49. The Balaban J connectivity index is 1.06. The van der Waals surface area contributed by atoms with Crippen LogP contribution in [0, 0.1) is 23.7 Å². The van der Waals surface area contributed by atoms with Gasteiger partial charge in [0.1, 0.15) is 12.1 Å². The molecule has 5 aliphatic rings. The van der Waals surface area contributed by atoms with Crippen molar-refractivity contribution in [2.45, 2.75) is 44.6 Å². The molecule has 1 aliphatic heterocycles. The monoisotopic (exact) mass is 598 g/mol. The van der Waals surface area contributed by atoms with Gasteiger partial charge in [-0.05, 0) is 104 Å². The van der Waals surface area contributed by atoms with Gasteiger partial charge < -0.3 is 9.88 Å². The summed E-state index contributed by atoms with van der Waals surface area (Å²) in [5, 5.41) is 6.02. The molecule has 4 saturated carbocycles. The summed E-state index contributed by atoms with van der Waals surface area (Å²) in [6.07, 6.45) is 9.93. The number of hydrogen-bond acceptors (Lipinski definition) is 4. The topological polar surface area (TPSA) is 101 Å². The van der Waals surface area contributed by atoms with Gasteiger partial charge in [-0.2, -0.15) is 0 Å². The number of aromatic nitrogens is 1.